The van der Waals surface area contributed by atoms with Gasteiger partial charge in [0.2, 0.25) is 5.78 Å². The smallest absolute Gasteiger partial charge is 0.206 e. The molecule has 4 nitrogen and oxygen atoms in total. The molecule has 0 aliphatic rings. The Bertz CT molecular complexity index is 482. The number of benzene rings is 1. The predicted molar refractivity (Wildman–Crippen MR) is 61.0 cm³/mol. The maximum atomic E-state index is 11.9. The summed E-state index contributed by atoms with van der Waals surface area (Å²) in [6.07, 6.45) is 1.47. The summed E-state index contributed by atoms with van der Waals surface area (Å²) < 4.78 is 9.00. The molecule has 1 aromatic heterocycles. The van der Waals surface area contributed by atoms with Gasteiger partial charge in [0.05, 0.1) is 12.8 Å². The Hall–Kier alpha value is -1.75. The number of ketones is 1. The first-order chi connectivity index (χ1) is 7.81. The summed E-state index contributed by atoms with van der Waals surface area (Å²) in [6, 6.07) is 7.11. The zero-order valence-electron chi connectivity index (χ0n) is 8.71. The van der Waals surface area contributed by atoms with Crippen molar-refractivity contribution in [3.05, 3.63) is 40.9 Å². The van der Waals surface area contributed by atoms with E-state index in [0.717, 1.165) is 11.5 Å². The number of rotatable bonds is 4. The molecule has 2 aromatic rings. The number of hydrogen-bond donors (Lipinski definition) is 0. The second-order valence-electron chi connectivity index (χ2n) is 3.07. The first kappa shape index (κ1) is 10.8. The number of aromatic nitrogens is 2. The van der Waals surface area contributed by atoms with E-state index in [2.05, 4.69) is 9.59 Å². The first-order valence-electron chi connectivity index (χ1n) is 4.86. The van der Waals surface area contributed by atoms with Gasteiger partial charge in [0, 0.05) is 5.56 Å². The van der Waals surface area contributed by atoms with Crippen LogP contribution in [0.4, 0.5) is 0 Å². The molecule has 0 amide bonds. The van der Waals surface area contributed by atoms with Crippen molar-refractivity contribution in [1.82, 2.24) is 9.59 Å². The van der Waals surface area contributed by atoms with Crippen molar-refractivity contribution in [3.63, 3.8) is 0 Å². The van der Waals surface area contributed by atoms with E-state index < -0.39 is 0 Å². The molecule has 0 saturated heterocycles. The molecule has 0 atom stereocenters. The lowest BCUT2D eigenvalue weighted by molar-refractivity contribution is 0.104. The molecule has 1 heterocycles. The van der Waals surface area contributed by atoms with E-state index in [1.54, 1.807) is 18.2 Å². The first-order valence-corrected chi connectivity index (χ1v) is 5.63. The van der Waals surface area contributed by atoms with Crippen LogP contribution < -0.4 is 4.74 Å². The van der Waals surface area contributed by atoms with Crippen LogP contribution in [0.2, 0.25) is 0 Å². The Labute approximate surface area is 97.0 Å². The normalized spacial score (nSPS) is 10.1. The highest BCUT2D eigenvalue weighted by Crippen LogP contribution is 2.17. The third kappa shape index (κ3) is 2.25. The van der Waals surface area contributed by atoms with Crippen LogP contribution >= 0.6 is 11.5 Å². The summed E-state index contributed by atoms with van der Waals surface area (Å²) in [4.78, 5) is 12.5. The summed E-state index contributed by atoms with van der Waals surface area (Å²) in [5, 5.41) is 3.64. The van der Waals surface area contributed by atoms with Gasteiger partial charge in [-0.1, -0.05) is 16.6 Å². The summed E-state index contributed by atoms with van der Waals surface area (Å²) in [5.41, 5.74) is 0.594. The molecule has 0 bridgehead atoms. The quantitative estimate of drug-likeness (QED) is 0.761. The van der Waals surface area contributed by atoms with Crippen LogP contribution in [0.15, 0.2) is 30.5 Å². The van der Waals surface area contributed by atoms with Gasteiger partial charge in [-0.25, -0.2) is 0 Å². The van der Waals surface area contributed by atoms with Crippen molar-refractivity contribution in [2.24, 2.45) is 0 Å². The van der Waals surface area contributed by atoms with Crippen molar-refractivity contribution >= 4 is 17.3 Å². The average Bonchev–Trinajstić information content (AvgIpc) is 2.82. The third-order valence-electron chi connectivity index (χ3n) is 1.99. The van der Waals surface area contributed by atoms with Gasteiger partial charge < -0.3 is 4.74 Å². The minimum Gasteiger partial charge on any atom is -0.494 e. The topological polar surface area (TPSA) is 52.1 Å². The summed E-state index contributed by atoms with van der Waals surface area (Å²) in [5.74, 6) is 0.627. The third-order valence-corrected chi connectivity index (χ3v) is 2.66. The van der Waals surface area contributed by atoms with Crippen LogP contribution in [0.1, 0.15) is 22.2 Å². The van der Waals surface area contributed by atoms with Gasteiger partial charge in [-0.2, -0.15) is 0 Å². The molecule has 0 unspecified atom stereocenters. The SMILES string of the molecule is CCOc1cccc(C(=O)c2cnns2)c1. The Kier molecular flexibility index (Phi) is 3.26. The van der Waals surface area contributed by atoms with E-state index in [-0.39, 0.29) is 5.78 Å². The van der Waals surface area contributed by atoms with Crippen LogP contribution in [0.3, 0.4) is 0 Å². The molecule has 0 radical (unpaired) electrons. The standard InChI is InChI=1S/C11H10N2O2S/c1-2-15-9-5-3-4-8(6-9)11(14)10-7-12-13-16-10/h3-7H,2H2,1H3. The van der Waals surface area contributed by atoms with Crippen LogP contribution in [0.5, 0.6) is 5.75 Å². The van der Waals surface area contributed by atoms with E-state index in [0.29, 0.717) is 22.8 Å². The van der Waals surface area contributed by atoms with Crippen molar-refractivity contribution in [1.29, 1.82) is 0 Å². The van der Waals surface area contributed by atoms with Crippen molar-refractivity contribution in [2.75, 3.05) is 6.61 Å². The summed E-state index contributed by atoms with van der Waals surface area (Å²) in [6.45, 7) is 2.49. The molecule has 0 spiro atoms. The molecule has 0 aliphatic heterocycles. The van der Waals surface area contributed by atoms with Crippen LogP contribution in [-0.2, 0) is 0 Å². The predicted octanol–water partition coefficient (Wildman–Crippen LogP) is 2.17. The number of hydrogen-bond acceptors (Lipinski definition) is 5. The Morgan fingerprint density at radius 3 is 3.06 bits per heavy atom. The summed E-state index contributed by atoms with van der Waals surface area (Å²) >= 11 is 1.09. The minimum atomic E-state index is -0.0726. The van der Waals surface area contributed by atoms with Crippen LogP contribution in [0, 0.1) is 0 Å². The lowest BCUT2D eigenvalue weighted by atomic mass is 10.1. The lowest BCUT2D eigenvalue weighted by Crippen LogP contribution is -1.99. The molecule has 0 N–H and O–H groups in total. The van der Waals surface area contributed by atoms with Gasteiger partial charge in [0.1, 0.15) is 10.6 Å². The molecular formula is C11H10N2O2S. The van der Waals surface area contributed by atoms with Gasteiger partial charge in [-0.15, -0.1) is 5.10 Å². The van der Waals surface area contributed by atoms with E-state index in [9.17, 15) is 4.79 Å². The average molecular weight is 234 g/mol. The van der Waals surface area contributed by atoms with Crippen molar-refractivity contribution < 1.29 is 9.53 Å². The van der Waals surface area contributed by atoms with Gasteiger partial charge in [-0.3, -0.25) is 4.79 Å². The number of carbonyl (C=O) groups is 1. The molecule has 2 rings (SSSR count). The zero-order valence-corrected chi connectivity index (χ0v) is 9.53. The highest BCUT2D eigenvalue weighted by atomic mass is 32.1. The van der Waals surface area contributed by atoms with Crippen LogP contribution in [0.25, 0.3) is 0 Å². The number of nitrogens with zero attached hydrogens (tertiary/aromatic N) is 2. The zero-order chi connectivity index (χ0) is 11.4. The van der Waals surface area contributed by atoms with Gasteiger partial charge in [-0.05, 0) is 30.6 Å². The van der Waals surface area contributed by atoms with Gasteiger partial charge >= 0.3 is 0 Å². The number of ether oxygens (including phenoxy) is 1. The van der Waals surface area contributed by atoms with E-state index >= 15 is 0 Å². The molecular weight excluding hydrogens is 224 g/mol. The Balaban J connectivity index is 2.27. The van der Waals surface area contributed by atoms with Gasteiger partial charge in [0.15, 0.2) is 0 Å². The molecule has 16 heavy (non-hydrogen) atoms. The number of carbonyl (C=O) groups excluding carboxylic acids is 1. The second-order valence-corrected chi connectivity index (χ2v) is 3.86. The Morgan fingerprint density at radius 2 is 2.38 bits per heavy atom. The maximum Gasteiger partial charge on any atom is 0.206 e. The fourth-order valence-electron chi connectivity index (χ4n) is 1.30. The molecule has 0 fully saturated rings. The molecule has 1 aromatic carbocycles. The largest absolute Gasteiger partial charge is 0.494 e. The highest BCUT2D eigenvalue weighted by molar-refractivity contribution is 7.08. The highest BCUT2D eigenvalue weighted by Gasteiger charge is 2.11. The summed E-state index contributed by atoms with van der Waals surface area (Å²) in [7, 11) is 0. The van der Waals surface area contributed by atoms with E-state index in [4.69, 9.17) is 4.74 Å². The minimum absolute atomic E-state index is 0.0726. The fourth-order valence-corrected chi connectivity index (χ4v) is 1.78. The molecule has 0 aliphatic carbocycles. The molecule has 82 valence electrons. The molecule has 5 heteroatoms. The Morgan fingerprint density at radius 1 is 1.50 bits per heavy atom. The van der Waals surface area contributed by atoms with Crippen LogP contribution in [-0.4, -0.2) is 22.0 Å². The van der Waals surface area contributed by atoms with Gasteiger partial charge in [0.25, 0.3) is 0 Å². The van der Waals surface area contributed by atoms with E-state index in [1.807, 2.05) is 13.0 Å². The van der Waals surface area contributed by atoms with Crippen molar-refractivity contribution in [2.45, 2.75) is 6.92 Å². The fraction of sp³-hybridized carbons (Fsp3) is 0.182. The lowest BCUT2D eigenvalue weighted by Gasteiger charge is -2.03. The second kappa shape index (κ2) is 4.85. The maximum absolute atomic E-state index is 11.9. The molecule has 0 saturated carbocycles. The van der Waals surface area contributed by atoms with E-state index in [1.165, 1.54) is 6.20 Å². The van der Waals surface area contributed by atoms with Crippen molar-refractivity contribution in [3.8, 4) is 5.75 Å². The monoisotopic (exact) mass is 234 g/mol.